The molecule has 3 heterocycles. The van der Waals surface area contributed by atoms with Crippen LogP contribution >= 0.6 is 15.9 Å². The molecule has 4 heteroatoms. The van der Waals surface area contributed by atoms with Crippen molar-refractivity contribution in [3.8, 4) is 0 Å². The summed E-state index contributed by atoms with van der Waals surface area (Å²) in [5, 5.41) is 1.33. The molecule has 0 radical (unpaired) electrons. The van der Waals surface area contributed by atoms with E-state index < -0.39 is 0 Å². The third kappa shape index (κ3) is 2.10. The summed E-state index contributed by atoms with van der Waals surface area (Å²) in [6, 6.07) is 6.44. The van der Waals surface area contributed by atoms with Gasteiger partial charge < -0.3 is 14.5 Å². The van der Waals surface area contributed by atoms with Gasteiger partial charge in [0.2, 0.25) is 0 Å². The van der Waals surface area contributed by atoms with E-state index in [0.29, 0.717) is 11.8 Å². The van der Waals surface area contributed by atoms with Crippen molar-refractivity contribution in [1.82, 2.24) is 4.98 Å². The van der Waals surface area contributed by atoms with Gasteiger partial charge in [-0.1, -0.05) is 15.9 Å². The summed E-state index contributed by atoms with van der Waals surface area (Å²) in [4.78, 5) is 3.41. The van der Waals surface area contributed by atoms with E-state index in [9.17, 15) is 0 Å². The highest BCUT2D eigenvalue weighted by atomic mass is 79.9. The van der Waals surface area contributed by atoms with Gasteiger partial charge in [0.15, 0.2) is 6.29 Å². The first kappa shape index (κ1) is 12.9. The van der Waals surface area contributed by atoms with E-state index in [2.05, 4.69) is 45.3 Å². The summed E-state index contributed by atoms with van der Waals surface area (Å²) in [7, 11) is 0. The molecule has 2 aliphatic heterocycles. The largest absolute Gasteiger partial charge is 0.361 e. The number of nitrogens with one attached hydrogen (secondary N) is 1. The third-order valence-electron chi connectivity index (χ3n) is 4.62. The summed E-state index contributed by atoms with van der Waals surface area (Å²) in [6.07, 6.45) is 5.59. The first-order valence-corrected chi connectivity index (χ1v) is 8.12. The van der Waals surface area contributed by atoms with Gasteiger partial charge in [-0.05, 0) is 48.9 Å². The minimum absolute atomic E-state index is 0.000368. The van der Waals surface area contributed by atoms with E-state index >= 15 is 0 Å². The summed E-state index contributed by atoms with van der Waals surface area (Å²) >= 11 is 3.58. The van der Waals surface area contributed by atoms with Gasteiger partial charge in [0, 0.05) is 34.1 Å². The number of halogens is 1. The number of fused-ring (bicyclic) bond motifs is 2. The minimum Gasteiger partial charge on any atom is -0.361 e. The Hall–Kier alpha value is -0.840. The maximum Gasteiger partial charge on any atom is 0.161 e. The van der Waals surface area contributed by atoms with Crippen molar-refractivity contribution < 1.29 is 9.47 Å². The zero-order valence-electron chi connectivity index (χ0n) is 11.3. The Bertz CT molecular complexity index is 624. The Balaban J connectivity index is 1.78. The summed E-state index contributed by atoms with van der Waals surface area (Å²) < 4.78 is 12.7. The van der Waals surface area contributed by atoms with Crippen molar-refractivity contribution in [2.75, 3.05) is 13.2 Å². The molecule has 0 spiro atoms. The molecule has 0 saturated carbocycles. The van der Waals surface area contributed by atoms with E-state index in [1.54, 1.807) is 0 Å². The van der Waals surface area contributed by atoms with Crippen molar-refractivity contribution >= 4 is 26.8 Å². The molecule has 1 aromatic carbocycles. The molecule has 0 unspecified atom stereocenters. The van der Waals surface area contributed by atoms with Gasteiger partial charge in [-0.15, -0.1) is 0 Å². The quantitative estimate of drug-likeness (QED) is 0.847. The summed E-state index contributed by atoms with van der Waals surface area (Å²) in [5.74, 6) is 1.03. The van der Waals surface area contributed by atoms with Crippen molar-refractivity contribution in [2.24, 2.45) is 5.92 Å². The second kappa shape index (κ2) is 5.17. The molecule has 3 nitrogen and oxygen atoms in total. The SMILES string of the molecule is Brc1ccc2[nH]cc([C@H]3CCCO[C@@H]4OCC[C@@H]43)c2c1. The maximum atomic E-state index is 5.85. The second-order valence-electron chi connectivity index (χ2n) is 5.75. The lowest BCUT2D eigenvalue weighted by molar-refractivity contribution is -0.126. The van der Waals surface area contributed by atoms with Crippen LogP contribution < -0.4 is 0 Å². The monoisotopic (exact) mass is 335 g/mol. The average molecular weight is 336 g/mol. The zero-order chi connectivity index (χ0) is 13.5. The Kier molecular flexibility index (Phi) is 3.33. The second-order valence-corrected chi connectivity index (χ2v) is 6.66. The maximum absolute atomic E-state index is 5.85. The van der Waals surface area contributed by atoms with Crippen LogP contribution in [0.25, 0.3) is 10.9 Å². The molecular formula is C16H18BrNO2. The Morgan fingerprint density at radius 1 is 1.15 bits per heavy atom. The highest BCUT2D eigenvalue weighted by Gasteiger charge is 2.38. The smallest absolute Gasteiger partial charge is 0.161 e. The first-order valence-electron chi connectivity index (χ1n) is 7.32. The van der Waals surface area contributed by atoms with Crippen molar-refractivity contribution in [1.29, 1.82) is 0 Å². The van der Waals surface area contributed by atoms with E-state index in [1.807, 2.05) is 0 Å². The molecule has 1 aromatic heterocycles. The van der Waals surface area contributed by atoms with Crippen LogP contribution in [0, 0.1) is 5.92 Å². The number of aromatic nitrogens is 1. The molecular weight excluding hydrogens is 318 g/mol. The number of rotatable bonds is 1. The molecule has 2 aromatic rings. The van der Waals surface area contributed by atoms with E-state index in [-0.39, 0.29) is 6.29 Å². The highest BCUT2D eigenvalue weighted by Crippen LogP contribution is 2.43. The van der Waals surface area contributed by atoms with E-state index in [0.717, 1.165) is 30.5 Å². The number of aromatic amines is 1. The number of hydrogen-bond acceptors (Lipinski definition) is 2. The fraction of sp³-hybridized carbons (Fsp3) is 0.500. The van der Waals surface area contributed by atoms with Crippen LogP contribution in [0.3, 0.4) is 0 Å². The van der Waals surface area contributed by atoms with Crippen LogP contribution in [0.1, 0.15) is 30.7 Å². The molecule has 2 saturated heterocycles. The molecule has 1 N–H and O–H groups in total. The molecule has 2 aliphatic rings. The molecule has 4 rings (SSSR count). The lowest BCUT2D eigenvalue weighted by Crippen LogP contribution is -2.22. The van der Waals surface area contributed by atoms with Gasteiger partial charge in [-0.3, -0.25) is 0 Å². The third-order valence-corrected chi connectivity index (χ3v) is 5.11. The summed E-state index contributed by atoms with van der Waals surface area (Å²) in [5.41, 5.74) is 2.64. The Morgan fingerprint density at radius 3 is 3.00 bits per heavy atom. The first-order chi connectivity index (χ1) is 9.83. The van der Waals surface area contributed by atoms with Crippen LogP contribution in [-0.2, 0) is 9.47 Å². The normalized spacial score (nSPS) is 30.4. The lowest BCUT2D eigenvalue weighted by atomic mass is 9.82. The number of H-pyrrole nitrogens is 1. The molecule has 106 valence electrons. The Labute approximate surface area is 126 Å². The van der Waals surface area contributed by atoms with E-state index in [1.165, 1.54) is 22.9 Å². The van der Waals surface area contributed by atoms with Gasteiger partial charge in [-0.2, -0.15) is 0 Å². The van der Waals surface area contributed by atoms with Crippen LogP contribution in [0.5, 0.6) is 0 Å². The highest BCUT2D eigenvalue weighted by molar-refractivity contribution is 9.10. The standard InChI is InChI=1S/C16H18BrNO2/c17-10-3-4-15-13(8-10)14(9-18-15)11-2-1-6-19-16-12(11)5-7-20-16/h3-4,8-9,11-12,16,18H,1-2,5-7H2/t11-,12+,16+/m0/s1. The van der Waals surface area contributed by atoms with Gasteiger partial charge in [0.25, 0.3) is 0 Å². The average Bonchev–Trinajstić information content (AvgIpc) is 3.02. The predicted octanol–water partition coefficient (Wildman–Crippen LogP) is 4.19. The number of ether oxygens (including phenoxy) is 2. The van der Waals surface area contributed by atoms with Crippen LogP contribution in [0.15, 0.2) is 28.9 Å². The van der Waals surface area contributed by atoms with Crippen LogP contribution in [-0.4, -0.2) is 24.5 Å². The fourth-order valence-electron chi connectivity index (χ4n) is 3.67. The zero-order valence-corrected chi connectivity index (χ0v) is 12.9. The molecule has 2 fully saturated rings. The fourth-order valence-corrected chi connectivity index (χ4v) is 4.03. The molecule has 0 amide bonds. The van der Waals surface area contributed by atoms with Crippen molar-refractivity contribution in [2.45, 2.75) is 31.5 Å². The molecule has 0 aliphatic carbocycles. The number of benzene rings is 1. The van der Waals surface area contributed by atoms with Crippen LogP contribution in [0.4, 0.5) is 0 Å². The van der Waals surface area contributed by atoms with Crippen molar-refractivity contribution in [3.05, 3.63) is 34.4 Å². The van der Waals surface area contributed by atoms with Crippen LogP contribution in [0.2, 0.25) is 0 Å². The van der Waals surface area contributed by atoms with Gasteiger partial charge >= 0.3 is 0 Å². The van der Waals surface area contributed by atoms with Gasteiger partial charge in [0.1, 0.15) is 0 Å². The predicted molar refractivity (Wildman–Crippen MR) is 81.8 cm³/mol. The van der Waals surface area contributed by atoms with Gasteiger partial charge in [0.05, 0.1) is 6.61 Å². The number of hydrogen-bond donors (Lipinski definition) is 1. The minimum atomic E-state index is -0.000368. The Morgan fingerprint density at radius 2 is 2.05 bits per heavy atom. The van der Waals surface area contributed by atoms with Crippen molar-refractivity contribution in [3.63, 3.8) is 0 Å². The molecule has 20 heavy (non-hydrogen) atoms. The topological polar surface area (TPSA) is 34.2 Å². The molecule has 0 bridgehead atoms. The summed E-state index contributed by atoms with van der Waals surface area (Å²) in [6.45, 7) is 1.65. The lowest BCUT2D eigenvalue weighted by Gasteiger charge is -2.23. The van der Waals surface area contributed by atoms with Gasteiger partial charge in [-0.25, -0.2) is 0 Å². The molecule has 3 atom stereocenters. The van der Waals surface area contributed by atoms with E-state index in [4.69, 9.17) is 9.47 Å².